The van der Waals surface area contributed by atoms with Crippen LogP contribution in [-0.2, 0) is 4.79 Å². The number of ketones is 1. The maximum Gasteiger partial charge on any atom is 0.219 e. The molecule has 104 valence electrons. The van der Waals surface area contributed by atoms with Crippen LogP contribution in [0.1, 0.15) is 27.9 Å². The number of aryl methyl sites for hydroxylation is 1. The van der Waals surface area contributed by atoms with Gasteiger partial charge in [-0.3, -0.25) is 14.5 Å². The summed E-state index contributed by atoms with van der Waals surface area (Å²) in [6.45, 7) is 7.29. The van der Waals surface area contributed by atoms with Crippen molar-refractivity contribution in [3.05, 3.63) is 21.9 Å². The van der Waals surface area contributed by atoms with Crippen LogP contribution in [0, 0.1) is 6.92 Å². The molecule has 2 heterocycles. The highest BCUT2D eigenvalue weighted by molar-refractivity contribution is 7.14. The minimum Gasteiger partial charge on any atom is -0.342 e. The van der Waals surface area contributed by atoms with E-state index in [9.17, 15) is 9.59 Å². The van der Waals surface area contributed by atoms with Crippen LogP contribution < -0.4 is 0 Å². The van der Waals surface area contributed by atoms with Crippen LogP contribution in [0.25, 0.3) is 0 Å². The number of amides is 1. The smallest absolute Gasteiger partial charge is 0.219 e. The Balaban J connectivity index is 1.89. The van der Waals surface area contributed by atoms with Crippen molar-refractivity contribution in [3.8, 4) is 0 Å². The van der Waals surface area contributed by atoms with Crippen LogP contribution in [0.2, 0.25) is 0 Å². The summed E-state index contributed by atoms with van der Waals surface area (Å²) in [5, 5.41) is 0. The molecule has 5 heteroatoms. The van der Waals surface area contributed by atoms with Gasteiger partial charge in [-0.25, -0.2) is 0 Å². The molecule has 0 aromatic carbocycles. The summed E-state index contributed by atoms with van der Waals surface area (Å²) >= 11 is 1.55. The number of thiophene rings is 1. The van der Waals surface area contributed by atoms with Crippen molar-refractivity contribution in [2.24, 2.45) is 0 Å². The number of nitrogens with zero attached hydrogens (tertiary/aromatic N) is 2. The first-order valence-electron chi connectivity index (χ1n) is 6.64. The third kappa shape index (κ3) is 3.88. The molecule has 1 aliphatic heterocycles. The van der Waals surface area contributed by atoms with E-state index in [1.54, 1.807) is 18.3 Å². The van der Waals surface area contributed by atoms with Crippen molar-refractivity contribution in [2.45, 2.75) is 20.3 Å². The van der Waals surface area contributed by atoms with Crippen molar-refractivity contribution < 1.29 is 9.59 Å². The molecule has 0 unspecified atom stereocenters. The van der Waals surface area contributed by atoms with Crippen LogP contribution in [0.15, 0.2) is 12.1 Å². The van der Waals surface area contributed by atoms with E-state index in [0.717, 1.165) is 37.5 Å². The Labute approximate surface area is 118 Å². The van der Waals surface area contributed by atoms with Gasteiger partial charge >= 0.3 is 0 Å². The average Bonchev–Trinajstić information content (AvgIpc) is 2.65. The summed E-state index contributed by atoms with van der Waals surface area (Å²) in [5.41, 5.74) is 0. The van der Waals surface area contributed by atoms with Crippen LogP contribution in [0.4, 0.5) is 0 Å². The molecular weight excluding hydrogens is 260 g/mol. The molecule has 1 aromatic heterocycles. The lowest BCUT2D eigenvalue weighted by atomic mass is 10.3. The zero-order valence-corrected chi connectivity index (χ0v) is 12.3. The molecule has 19 heavy (non-hydrogen) atoms. The van der Waals surface area contributed by atoms with Crippen molar-refractivity contribution in [1.29, 1.82) is 0 Å². The maximum absolute atomic E-state index is 12.1. The fraction of sp³-hybridized carbons (Fsp3) is 0.571. The molecule has 1 saturated heterocycles. The standard InChI is InChI=1S/C14H20N2O2S/c1-11-4-5-14(19-11)13(18)10-15-6-3-7-16(9-8-15)12(2)17/h4-5H,3,6-10H2,1-2H3. The molecule has 2 rings (SSSR count). The summed E-state index contributed by atoms with van der Waals surface area (Å²) in [5.74, 6) is 0.316. The molecule has 1 aromatic rings. The Hall–Kier alpha value is -1.20. The van der Waals surface area contributed by atoms with Crippen molar-refractivity contribution in [2.75, 3.05) is 32.7 Å². The van der Waals surface area contributed by atoms with Gasteiger partial charge in [0, 0.05) is 38.0 Å². The number of hydrogen-bond donors (Lipinski definition) is 0. The maximum atomic E-state index is 12.1. The molecular formula is C14H20N2O2S. The van der Waals surface area contributed by atoms with E-state index in [0.29, 0.717) is 6.54 Å². The molecule has 0 radical (unpaired) electrons. The van der Waals surface area contributed by atoms with Gasteiger partial charge in [-0.1, -0.05) is 0 Å². The number of rotatable bonds is 3. The Morgan fingerprint density at radius 3 is 2.63 bits per heavy atom. The summed E-state index contributed by atoms with van der Waals surface area (Å²) in [7, 11) is 0. The Morgan fingerprint density at radius 2 is 2.00 bits per heavy atom. The molecule has 1 aliphatic rings. The third-order valence-electron chi connectivity index (χ3n) is 3.42. The number of carbonyl (C=O) groups excluding carboxylic acids is 2. The summed E-state index contributed by atoms with van der Waals surface area (Å²) in [4.78, 5) is 29.5. The lowest BCUT2D eigenvalue weighted by Crippen LogP contribution is -2.35. The Kier molecular flexibility index (Phi) is 4.71. The van der Waals surface area contributed by atoms with Crippen LogP contribution in [0.5, 0.6) is 0 Å². The lowest BCUT2D eigenvalue weighted by Gasteiger charge is -2.20. The summed E-state index contributed by atoms with van der Waals surface area (Å²) in [6, 6.07) is 3.89. The second kappa shape index (κ2) is 6.30. The van der Waals surface area contributed by atoms with Gasteiger partial charge < -0.3 is 4.90 Å². The van der Waals surface area contributed by atoms with Crippen molar-refractivity contribution >= 4 is 23.0 Å². The van der Waals surface area contributed by atoms with Crippen LogP contribution in [0.3, 0.4) is 0 Å². The number of Topliss-reactive ketones (excluding diaryl/α,β-unsaturated/α-hetero) is 1. The SMILES string of the molecule is CC(=O)N1CCCN(CC(=O)c2ccc(C)s2)CC1. The zero-order valence-electron chi connectivity index (χ0n) is 11.5. The highest BCUT2D eigenvalue weighted by atomic mass is 32.1. The number of carbonyl (C=O) groups is 2. The van der Waals surface area contributed by atoms with Gasteiger partial charge in [-0.2, -0.15) is 0 Å². The number of hydrogen-bond acceptors (Lipinski definition) is 4. The first-order valence-corrected chi connectivity index (χ1v) is 7.45. The minimum absolute atomic E-state index is 0.127. The fourth-order valence-corrected chi connectivity index (χ4v) is 3.11. The molecule has 0 N–H and O–H groups in total. The minimum atomic E-state index is 0.127. The van der Waals surface area contributed by atoms with E-state index in [2.05, 4.69) is 4.90 Å². The fourth-order valence-electron chi connectivity index (χ4n) is 2.31. The van der Waals surface area contributed by atoms with E-state index < -0.39 is 0 Å². The molecule has 1 fully saturated rings. The normalized spacial score (nSPS) is 17.3. The van der Waals surface area contributed by atoms with Gasteiger partial charge in [-0.05, 0) is 25.5 Å². The van der Waals surface area contributed by atoms with E-state index in [-0.39, 0.29) is 11.7 Å². The van der Waals surface area contributed by atoms with E-state index >= 15 is 0 Å². The van der Waals surface area contributed by atoms with E-state index in [1.165, 1.54) is 4.88 Å². The van der Waals surface area contributed by atoms with Crippen molar-refractivity contribution in [1.82, 2.24) is 9.80 Å². The predicted molar refractivity (Wildman–Crippen MR) is 76.7 cm³/mol. The second-order valence-corrected chi connectivity index (χ2v) is 6.26. The molecule has 0 bridgehead atoms. The third-order valence-corrected chi connectivity index (χ3v) is 4.46. The van der Waals surface area contributed by atoms with E-state index in [1.807, 2.05) is 24.0 Å². The first kappa shape index (κ1) is 14.2. The zero-order chi connectivity index (χ0) is 13.8. The average molecular weight is 280 g/mol. The van der Waals surface area contributed by atoms with Gasteiger partial charge in [0.05, 0.1) is 11.4 Å². The quantitative estimate of drug-likeness (QED) is 0.793. The van der Waals surface area contributed by atoms with Gasteiger partial charge in [-0.15, -0.1) is 11.3 Å². The summed E-state index contributed by atoms with van der Waals surface area (Å²) < 4.78 is 0. The Bertz CT molecular complexity index is 470. The van der Waals surface area contributed by atoms with Gasteiger partial charge in [0.25, 0.3) is 0 Å². The van der Waals surface area contributed by atoms with Gasteiger partial charge in [0.2, 0.25) is 5.91 Å². The predicted octanol–water partition coefficient (Wildman–Crippen LogP) is 1.79. The van der Waals surface area contributed by atoms with Crippen LogP contribution in [-0.4, -0.2) is 54.2 Å². The first-order chi connectivity index (χ1) is 9.06. The summed E-state index contributed by atoms with van der Waals surface area (Å²) in [6.07, 6.45) is 0.941. The lowest BCUT2D eigenvalue weighted by molar-refractivity contribution is -0.128. The van der Waals surface area contributed by atoms with E-state index in [4.69, 9.17) is 0 Å². The van der Waals surface area contributed by atoms with Gasteiger partial charge in [0.15, 0.2) is 5.78 Å². The topological polar surface area (TPSA) is 40.6 Å². The monoisotopic (exact) mass is 280 g/mol. The molecule has 0 saturated carbocycles. The molecule has 1 amide bonds. The Morgan fingerprint density at radius 1 is 1.21 bits per heavy atom. The molecule has 0 aliphatic carbocycles. The van der Waals surface area contributed by atoms with Crippen LogP contribution >= 0.6 is 11.3 Å². The molecule has 0 atom stereocenters. The van der Waals surface area contributed by atoms with Crippen molar-refractivity contribution in [3.63, 3.8) is 0 Å². The molecule has 4 nitrogen and oxygen atoms in total. The van der Waals surface area contributed by atoms with Gasteiger partial charge in [0.1, 0.15) is 0 Å². The molecule has 0 spiro atoms. The largest absolute Gasteiger partial charge is 0.342 e. The highest BCUT2D eigenvalue weighted by Gasteiger charge is 2.19. The highest BCUT2D eigenvalue weighted by Crippen LogP contribution is 2.16. The second-order valence-electron chi connectivity index (χ2n) is 4.97.